The Bertz CT molecular complexity index is 1190. The van der Waals surface area contributed by atoms with Crippen LogP contribution >= 0.6 is 0 Å². The predicted molar refractivity (Wildman–Crippen MR) is 126 cm³/mol. The topological polar surface area (TPSA) is 114 Å². The lowest BCUT2D eigenvalue weighted by Gasteiger charge is -2.20. The first kappa shape index (κ1) is 21.6. The van der Waals surface area contributed by atoms with Crippen molar-refractivity contribution >= 4 is 28.6 Å². The van der Waals surface area contributed by atoms with Gasteiger partial charge >= 0.3 is 0 Å². The highest BCUT2D eigenvalue weighted by atomic mass is 16.3. The number of aliphatic hydroxyl groups is 1. The van der Waals surface area contributed by atoms with E-state index in [1.54, 1.807) is 24.8 Å². The molecule has 0 aliphatic carbocycles. The fourth-order valence-corrected chi connectivity index (χ4v) is 3.36. The number of imidazole rings is 1. The Balaban J connectivity index is 1.74. The summed E-state index contributed by atoms with van der Waals surface area (Å²) in [5, 5.41) is 16.4. The van der Waals surface area contributed by atoms with E-state index in [9.17, 15) is 5.11 Å². The van der Waals surface area contributed by atoms with Gasteiger partial charge in [0.05, 0.1) is 19.0 Å². The number of aliphatic hydroxyl groups excluding tert-OH is 1. The van der Waals surface area contributed by atoms with Crippen LogP contribution in [0.5, 0.6) is 0 Å². The van der Waals surface area contributed by atoms with Crippen molar-refractivity contribution in [2.45, 2.75) is 39.8 Å². The quantitative estimate of drug-likeness (QED) is 0.382. The third-order valence-corrected chi connectivity index (χ3v) is 5.24. The summed E-state index contributed by atoms with van der Waals surface area (Å²) in [5.41, 5.74) is 3.13. The molecule has 0 bridgehead atoms. The van der Waals surface area contributed by atoms with Gasteiger partial charge in [-0.15, -0.1) is 0 Å². The lowest BCUT2D eigenvalue weighted by atomic mass is 10.1. The van der Waals surface area contributed by atoms with Gasteiger partial charge in [-0.05, 0) is 38.0 Å². The van der Waals surface area contributed by atoms with E-state index in [1.807, 2.05) is 42.7 Å². The van der Waals surface area contributed by atoms with Gasteiger partial charge in [0, 0.05) is 29.7 Å². The molecule has 0 saturated heterocycles. The number of rotatable bonds is 8. The standard InChI is InChI=1S/C23H28N8O/c1-14(2)18(12-32)28-23-29-21(19-22(30-23)31(13-26-19)15(3)4)27-17-8-5-7-16(11-17)20-24-9-6-10-25-20/h5-11,13-15,18,32H,12H2,1-4H3,(H2,27,28,29,30)/t18-/m0/s1. The molecule has 9 nitrogen and oxygen atoms in total. The molecule has 1 atom stereocenters. The second-order valence-corrected chi connectivity index (χ2v) is 8.27. The van der Waals surface area contributed by atoms with Crippen LogP contribution < -0.4 is 10.6 Å². The SMILES string of the molecule is CC(C)[C@H](CO)Nc1nc(Nc2cccc(-c3ncccn3)c2)c2ncn(C(C)C)c2n1. The Morgan fingerprint density at radius 1 is 1.00 bits per heavy atom. The molecule has 0 saturated carbocycles. The van der Waals surface area contributed by atoms with Crippen LogP contribution in [0.4, 0.5) is 17.5 Å². The number of aromatic nitrogens is 6. The van der Waals surface area contributed by atoms with E-state index in [-0.39, 0.29) is 24.6 Å². The van der Waals surface area contributed by atoms with E-state index in [2.05, 4.69) is 44.4 Å². The third-order valence-electron chi connectivity index (χ3n) is 5.24. The van der Waals surface area contributed by atoms with E-state index in [0.29, 0.717) is 23.1 Å². The number of fused-ring (bicyclic) bond motifs is 1. The monoisotopic (exact) mass is 432 g/mol. The zero-order valence-electron chi connectivity index (χ0n) is 18.7. The summed E-state index contributed by atoms with van der Waals surface area (Å²) in [7, 11) is 0. The maximum absolute atomic E-state index is 9.75. The molecule has 3 heterocycles. The van der Waals surface area contributed by atoms with Gasteiger partial charge in [0.25, 0.3) is 0 Å². The predicted octanol–water partition coefficient (Wildman–Crippen LogP) is 4.04. The van der Waals surface area contributed by atoms with Crippen molar-refractivity contribution in [1.29, 1.82) is 0 Å². The zero-order chi connectivity index (χ0) is 22.7. The number of nitrogens with one attached hydrogen (secondary N) is 2. The molecule has 32 heavy (non-hydrogen) atoms. The van der Waals surface area contributed by atoms with E-state index in [0.717, 1.165) is 16.9 Å². The van der Waals surface area contributed by atoms with Crippen molar-refractivity contribution in [3.63, 3.8) is 0 Å². The largest absolute Gasteiger partial charge is 0.394 e. The summed E-state index contributed by atoms with van der Waals surface area (Å²) in [5.74, 6) is 1.90. The number of nitrogens with zero attached hydrogens (tertiary/aromatic N) is 6. The van der Waals surface area contributed by atoms with Crippen LogP contribution in [-0.4, -0.2) is 47.2 Å². The van der Waals surface area contributed by atoms with Gasteiger partial charge in [-0.1, -0.05) is 26.0 Å². The van der Waals surface area contributed by atoms with E-state index in [4.69, 9.17) is 4.98 Å². The molecule has 0 amide bonds. The van der Waals surface area contributed by atoms with Crippen LogP contribution in [0.1, 0.15) is 33.7 Å². The van der Waals surface area contributed by atoms with Gasteiger partial charge in [-0.3, -0.25) is 0 Å². The van der Waals surface area contributed by atoms with E-state index in [1.165, 1.54) is 0 Å². The Hall–Kier alpha value is -3.59. The molecule has 0 unspecified atom stereocenters. The van der Waals surface area contributed by atoms with E-state index >= 15 is 0 Å². The molecule has 3 aromatic heterocycles. The molecule has 4 rings (SSSR count). The molecule has 0 spiro atoms. The zero-order valence-corrected chi connectivity index (χ0v) is 18.7. The van der Waals surface area contributed by atoms with Gasteiger partial charge in [0.15, 0.2) is 22.8 Å². The minimum Gasteiger partial charge on any atom is -0.394 e. The van der Waals surface area contributed by atoms with Crippen molar-refractivity contribution in [3.8, 4) is 11.4 Å². The molecular weight excluding hydrogens is 404 g/mol. The smallest absolute Gasteiger partial charge is 0.227 e. The van der Waals surface area contributed by atoms with E-state index < -0.39 is 0 Å². The van der Waals surface area contributed by atoms with Crippen molar-refractivity contribution in [2.24, 2.45) is 5.92 Å². The van der Waals surface area contributed by atoms with Gasteiger partial charge in [-0.2, -0.15) is 9.97 Å². The molecule has 3 N–H and O–H groups in total. The van der Waals surface area contributed by atoms with Crippen LogP contribution in [0.3, 0.4) is 0 Å². The Kier molecular flexibility index (Phi) is 6.27. The van der Waals surface area contributed by atoms with Gasteiger partial charge in [0.1, 0.15) is 0 Å². The summed E-state index contributed by atoms with van der Waals surface area (Å²) >= 11 is 0. The highest BCUT2D eigenvalue weighted by Gasteiger charge is 2.18. The maximum atomic E-state index is 9.75. The molecule has 166 valence electrons. The highest BCUT2D eigenvalue weighted by Crippen LogP contribution is 2.28. The van der Waals surface area contributed by atoms with Crippen LogP contribution in [0.2, 0.25) is 0 Å². The second kappa shape index (κ2) is 9.27. The first-order valence-corrected chi connectivity index (χ1v) is 10.7. The van der Waals surface area contributed by atoms with Gasteiger partial charge < -0.3 is 20.3 Å². The summed E-state index contributed by atoms with van der Waals surface area (Å²) in [6.07, 6.45) is 5.22. The van der Waals surface area contributed by atoms with Crippen molar-refractivity contribution in [2.75, 3.05) is 17.2 Å². The van der Waals surface area contributed by atoms with Gasteiger partial charge in [-0.25, -0.2) is 15.0 Å². The van der Waals surface area contributed by atoms with Crippen molar-refractivity contribution in [1.82, 2.24) is 29.5 Å². The maximum Gasteiger partial charge on any atom is 0.227 e. The van der Waals surface area contributed by atoms with Crippen LogP contribution in [0.25, 0.3) is 22.6 Å². The minimum atomic E-state index is -0.158. The van der Waals surface area contributed by atoms with Crippen LogP contribution in [0, 0.1) is 5.92 Å². The van der Waals surface area contributed by atoms with Gasteiger partial charge in [0.2, 0.25) is 5.95 Å². The molecule has 0 radical (unpaired) electrons. The second-order valence-electron chi connectivity index (χ2n) is 8.27. The number of hydrogen-bond acceptors (Lipinski definition) is 8. The number of anilines is 3. The molecule has 1 aromatic carbocycles. The van der Waals surface area contributed by atoms with Crippen LogP contribution in [-0.2, 0) is 0 Å². The normalized spacial score (nSPS) is 12.5. The first-order chi connectivity index (χ1) is 15.5. The Morgan fingerprint density at radius 2 is 1.78 bits per heavy atom. The molecule has 0 aliphatic rings. The summed E-state index contributed by atoms with van der Waals surface area (Å²) < 4.78 is 2.00. The molecular formula is C23H28N8O. The fraction of sp³-hybridized carbons (Fsp3) is 0.348. The van der Waals surface area contributed by atoms with Crippen LogP contribution in [0.15, 0.2) is 49.1 Å². The third kappa shape index (κ3) is 4.52. The fourth-order valence-electron chi connectivity index (χ4n) is 3.36. The lowest BCUT2D eigenvalue weighted by Crippen LogP contribution is -2.30. The summed E-state index contributed by atoms with van der Waals surface area (Å²) in [4.78, 5) is 22.6. The first-order valence-electron chi connectivity index (χ1n) is 10.7. The molecule has 4 aromatic rings. The number of benzene rings is 1. The number of hydrogen-bond donors (Lipinski definition) is 3. The average molecular weight is 433 g/mol. The minimum absolute atomic E-state index is 0.00953. The highest BCUT2D eigenvalue weighted by molar-refractivity contribution is 5.87. The van der Waals surface area contributed by atoms with Crippen molar-refractivity contribution in [3.05, 3.63) is 49.1 Å². The summed E-state index contributed by atoms with van der Waals surface area (Å²) in [6, 6.07) is 9.66. The van der Waals surface area contributed by atoms with Crippen molar-refractivity contribution < 1.29 is 5.11 Å². The Labute approximate surface area is 187 Å². The summed E-state index contributed by atoms with van der Waals surface area (Å²) in [6.45, 7) is 8.24. The molecule has 9 heteroatoms. The average Bonchev–Trinajstić information content (AvgIpc) is 3.23. The molecule has 0 aliphatic heterocycles. The molecule has 0 fully saturated rings. The lowest BCUT2D eigenvalue weighted by molar-refractivity contribution is 0.248. The Morgan fingerprint density at radius 3 is 2.47 bits per heavy atom.